The van der Waals surface area contributed by atoms with Gasteiger partial charge in [0.2, 0.25) is 5.91 Å². The second-order valence-corrected chi connectivity index (χ2v) is 4.33. The molecule has 0 saturated carbocycles. The van der Waals surface area contributed by atoms with Crippen molar-refractivity contribution in [2.75, 3.05) is 5.32 Å². The molecule has 0 aliphatic carbocycles. The molecule has 0 aliphatic rings. The standard InChI is InChI=1S/C16H16N2O/c1-12(16(17)19)11-13-7-9-15(10-8-13)18-14-5-3-2-4-6-14/h2-10,18H,1,11H2,(H2,17,19). The molecule has 2 aromatic carbocycles. The van der Waals surface area contributed by atoms with E-state index >= 15 is 0 Å². The molecule has 3 heteroatoms. The van der Waals surface area contributed by atoms with Gasteiger partial charge in [-0.3, -0.25) is 4.79 Å². The molecule has 0 heterocycles. The van der Waals surface area contributed by atoms with Crippen LogP contribution in [0.5, 0.6) is 0 Å². The van der Waals surface area contributed by atoms with E-state index in [4.69, 9.17) is 5.73 Å². The van der Waals surface area contributed by atoms with Gasteiger partial charge in [-0.1, -0.05) is 36.9 Å². The van der Waals surface area contributed by atoms with Crippen LogP contribution in [0.2, 0.25) is 0 Å². The Morgan fingerprint density at radius 1 is 1.00 bits per heavy atom. The Labute approximate surface area is 112 Å². The van der Waals surface area contributed by atoms with E-state index in [0.29, 0.717) is 12.0 Å². The Morgan fingerprint density at radius 3 is 2.16 bits per heavy atom. The Morgan fingerprint density at radius 2 is 1.58 bits per heavy atom. The number of carbonyl (C=O) groups is 1. The Hall–Kier alpha value is -2.55. The fourth-order valence-electron chi connectivity index (χ4n) is 1.73. The van der Waals surface area contributed by atoms with Gasteiger partial charge in [0.05, 0.1) is 0 Å². The average Bonchev–Trinajstić information content (AvgIpc) is 2.42. The van der Waals surface area contributed by atoms with Crippen LogP contribution in [-0.2, 0) is 11.2 Å². The van der Waals surface area contributed by atoms with Crippen LogP contribution in [0.25, 0.3) is 0 Å². The van der Waals surface area contributed by atoms with Gasteiger partial charge in [-0.15, -0.1) is 0 Å². The number of primary amides is 1. The molecular formula is C16H16N2O. The normalized spacial score (nSPS) is 9.89. The third-order valence-electron chi connectivity index (χ3n) is 2.78. The molecule has 2 rings (SSSR count). The second-order valence-electron chi connectivity index (χ2n) is 4.33. The molecule has 0 saturated heterocycles. The number of hydrogen-bond donors (Lipinski definition) is 2. The summed E-state index contributed by atoms with van der Waals surface area (Å²) in [5, 5.41) is 3.29. The monoisotopic (exact) mass is 252 g/mol. The van der Waals surface area contributed by atoms with Gasteiger partial charge in [-0.25, -0.2) is 0 Å². The van der Waals surface area contributed by atoms with Gasteiger partial charge in [-0.2, -0.15) is 0 Å². The highest BCUT2D eigenvalue weighted by atomic mass is 16.1. The molecule has 3 nitrogen and oxygen atoms in total. The molecule has 0 radical (unpaired) electrons. The maximum Gasteiger partial charge on any atom is 0.244 e. The number of amides is 1. The minimum Gasteiger partial charge on any atom is -0.366 e. The summed E-state index contributed by atoms with van der Waals surface area (Å²) in [5.74, 6) is -0.452. The molecule has 0 fully saturated rings. The number of nitrogens with one attached hydrogen (secondary N) is 1. The van der Waals surface area contributed by atoms with Crippen molar-refractivity contribution < 1.29 is 4.79 Å². The summed E-state index contributed by atoms with van der Waals surface area (Å²) < 4.78 is 0. The number of rotatable bonds is 5. The van der Waals surface area contributed by atoms with Crippen molar-refractivity contribution in [3.8, 4) is 0 Å². The molecule has 19 heavy (non-hydrogen) atoms. The van der Waals surface area contributed by atoms with E-state index in [-0.39, 0.29) is 0 Å². The maximum atomic E-state index is 10.9. The molecule has 0 spiro atoms. The largest absolute Gasteiger partial charge is 0.366 e. The van der Waals surface area contributed by atoms with E-state index in [0.717, 1.165) is 16.9 Å². The van der Waals surface area contributed by atoms with Gasteiger partial charge in [0, 0.05) is 23.4 Å². The summed E-state index contributed by atoms with van der Waals surface area (Å²) >= 11 is 0. The summed E-state index contributed by atoms with van der Waals surface area (Å²) in [7, 11) is 0. The van der Waals surface area contributed by atoms with Crippen molar-refractivity contribution in [3.05, 3.63) is 72.3 Å². The first kappa shape index (κ1) is 12.9. The predicted molar refractivity (Wildman–Crippen MR) is 78.2 cm³/mol. The SMILES string of the molecule is C=C(Cc1ccc(Nc2ccccc2)cc1)C(N)=O. The molecule has 0 atom stereocenters. The number of benzene rings is 2. The summed E-state index contributed by atoms with van der Waals surface area (Å²) in [6, 6.07) is 17.8. The van der Waals surface area contributed by atoms with E-state index < -0.39 is 5.91 Å². The highest BCUT2D eigenvalue weighted by molar-refractivity contribution is 5.91. The zero-order valence-electron chi connectivity index (χ0n) is 10.6. The topological polar surface area (TPSA) is 55.1 Å². The van der Waals surface area contributed by atoms with Crippen LogP contribution in [-0.4, -0.2) is 5.91 Å². The van der Waals surface area contributed by atoms with Gasteiger partial charge in [0.25, 0.3) is 0 Å². The van der Waals surface area contributed by atoms with Gasteiger partial charge in [0.1, 0.15) is 0 Å². The van der Waals surface area contributed by atoms with Crippen molar-refractivity contribution in [2.45, 2.75) is 6.42 Å². The summed E-state index contributed by atoms with van der Waals surface area (Å²) in [6.45, 7) is 3.65. The lowest BCUT2D eigenvalue weighted by molar-refractivity contribution is -0.114. The van der Waals surface area contributed by atoms with Crippen LogP contribution in [0, 0.1) is 0 Å². The van der Waals surface area contributed by atoms with E-state index in [1.807, 2.05) is 54.6 Å². The van der Waals surface area contributed by atoms with Crippen molar-refractivity contribution in [2.24, 2.45) is 5.73 Å². The van der Waals surface area contributed by atoms with Gasteiger partial charge < -0.3 is 11.1 Å². The number of carbonyl (C=O) groups excluding carboxylic acids is 1. The number of hydrogen-bond acceptors (Lipinski definition) is 2. The lowest BCUT2D eigenvalue weighted by Gasteiger charge is -2.07. The Bertz CT molecular complexity index is 573. The smallest absolute Gasteiger partial charge is 0.244 e. The molecule has 1 amide bonds. The van der Waals surface area contributed by atoms with Crippen molar-refractivity contribution in [3.63, 3.8) is 0 Å². The maximum absolute atomic E-state index is 10.9. The molecule has 0 unspecified atom stereocenters. The van der Waals surface area contributed by atoms with Crippen molar-refractivity contribution >= 4 is 17.3 Å². The van der Waals surface area contributed by atoms with E-state index in [1.165, 1.54) is 0 Å². The Balaban J connectivity index is 2.03. The fraction of sp³-hybridized carbons (Fsp3) is 0.0625. The first-order valence-electron chi connectivity index (χ1n) is 6.04. The molecule has 2 aromatic rings. The van der Waals surface area contributed by atoms with Crippen molar-refractivity contribution in [1.82, 2.24) is 0 Å². The van der Waals surface area contributed by atoms with Gasteiger partial charge >= 0.3 is 0 Å². The van der Waals surface area contributed by atoms with Crippen LogP contribution in [0.1, 0.15) is 5.56 Å². The second kappa shape index (κ2) is 5.87. The molecular weight excluding hydrogens is 236 g/mol. The van der Waals surface area contributed by atoms with E-state index in [1.54, 1.807) is 0 Å². The number of para-hydroxylation sites is 1. The van der Waals surface area contributed by atoms with E-state index in [2.05, 4.69) is 11.9 Å². The van der Waals surface area contributed by atoms with Crippen LogP contribution in [0.15, 0.2) is 66.7 Å². The van der Waals surface area contributed by atoms with Crippen LogP contribution >= 0.6 is 0 Å². The molecule has 0 aromatic heterocycles. The van der Waals surface area contributed by atoms with Crippen LogP contribution < -0.4 is 11.1 Å². The lowest BCUT2D eigenvalue weighted by atomic mass is 10.1. The first-order chi connectivity index (χ1) is 9.15. The minimum absolute atomic E-state index is 0.420. The van der Waals surface area contributed by atoms with Crippen LogP contribution in [0.4, 0.5) is 11.4 Å². The third-order valence-corrected chi connectivity index (χ3v) is 2.78. The highest BCUT2D eigenvalue weighted by Gasteiger charge is 2.03. The third kappa shape index (κ3) is 3.71. The number of anilines is 2. The first-order valence-corrected chi connectivity index (χ1v) is 6.04. The highest BCUT2D eigenvalue weighted by Crippen LogP contribution is 2.17. The van der Waals surface area contributed by atoms with E-state index in [9.17, 15) is 4.79 Å². The lowest BCUT2D eigenvalue weighted by Crippen LogP contribution is -2.14. The van der Waals surface area contributed by atoms with Crippen molar-refractivity contribution in [1.29, 1.82) is 0 Å². The molecule has 3 N–H and O–H groups in total. The number of nitrogens with two attached hydrogens (primary N) is 1. The molecule has 96 valence electrons. The molecule has 0 bridgehead atoms. The molecule has 0 aliphatic heterocycles. The summed E-state index contributed by atoms with van der Waals surface area (Å²) in [4.78, 5) is 10.9. The average molecular weight is 252 g/mol. The van der Waals surface area contributed by atoms with Gasteiger partial charge in [-0.05, 0) is 29.8 Å². The summed E-state index contributed by atoms with van der Waals surface area (Å²) in [5.41, 5.74) is 8.64. The summed E-state index contributed by atoms with van der Waals surface area (Å²) in [6.07, 6.45) is 0.487. The van der Waals surface area contributed by atoms with Gasteiger partial charge in [0.15, 0.2) is 0 Å². The van der Waals surface area contributed by atoms with Crippen LogP contribution in [0.3, 0.4) is 0 Å². The Kier molecular flexibility index (Phi) is 3.98. The zero-order valence-corrected chi connectivity index (χ0v) is 10.6. The predicted octanol–water partition coefficient (Wildman–Crippen LogP) is 3.01. The zero-order chi connectivity index (χ0) is 13.7. The fourth-order valence-corrected chi connectivity index (χ4v) is 1.73. The minimum atomic E-state index is -0.452. The quantitative estimate of drug-likeness (QED) is 0.804.